The van der Waals surface area contributed by atoms with Gasteiger partial charge in [0.05, 0.1) is 0 Å². The summed E-state index contributed by atoms with van der Waals surface area (Å²) < 4.78 is 11.9. The molecule has 4 heterocycles. The van der Waals surface area contributed by atoms with Crippen LogP contribution in [0.5, 0.6) is 0 Å². The van der Waals surface area contributed by atoms with Crippen molar-refractivity contribution in [3.05, 3.63) is 97.0 Å². The van der Waals surface area contributed by atoms with Gasteiger partial charge in [-0.1, -0.05) is 24.3 Å². The maximum Gasteiger partial charge on any atom is 0.221 e. The van der Waals surface area contributed by atoms with Crippen molar-refractivity contribution in [2.45, 2.75) is 0 Å². The Bertz CT molecular complexity index is 1760. The summed E-state index contributed by atoms with van der Waals surface area (Å²) >= 11 is 0. The zero-order valence-electron chi connectivity index (χ0n) is 19.0. The number of hydrogen-bond donors (Lipinski definition) is 4. The van der Waals surface area contributed by atoms with Gasteiger partial charge in [0.25, 0.3) is 0 Å². The van der Waals surface area contributed by atoms with E-state index in [-0.39, 0.29) is 0 Å². The number of nitrogens with zero attached hydrogens (tertiary/aromatic N) is 3. The number of anilines is 4. The van der Waals surface area contributed by atoms with E-state index < -0.39 is 0 Å². The lowest BCUT2D eigenvalue weighted by Gasteiger charge is -2.01. The Labute approximate surface area is 205 Å². The van der Waals surface area contributed by atoms with Crippen molar-refractivity contribution in [1.29, 1.82) is 0 Å². The van der Waals surface area contributed by atoms with Crippen LogP contribution in [0, 0.1) is 0 Å². The van der Waals surface area contributed by atoms with Crippen LogP contribution >= 0.6 is 0 Å². The second-order valence-electron chi connectivity index (χ2n) is 8.12. The van der Waals surface area contributed by atoms with Crippen LogP contribution in [0.4, 0.5) is 29.0 Å². The third kappa shape index (κ3) is 4.16. The van der Waals surface area contributed by atoms with E-state index in [2.05, 4.69) is 25.3 Å². The van der Waals surface area contributed by atoms with Gasteiger partial charge in [-0.25, -0.2) is 9.97 Å². The third-order valence-corrected chi connectivity index (χ3v) is 5.61. The minimum absolute atomic E-state index is 0.418. The molecule has 9 heteroatoms. The van der Waals surface area contributed by atoms with Crippen molar-refractivity contribution in [1.82, 2.24) is 15.0 Å². The number of H-pyrrole nitrogens is 1. The summed E-state index contributed by atoms with van der Waals surface area (Å²) in [5.41, 5.74) is 15.3. The highest BCUT2D eigenvalue weighted by Crippen LogP contribution is 2.30. The average molecular weight is 476 g/mol. The SMILES string of the molecule is Nc1cccc(-c2ccc(/N=c3\ncnc(Nc4ccc(-c5cccc(N)c5)o4)c4c[nH]cc34)o2)c1. The lowest BCUT2D eigenvalue weighted by Crippen LogP contribution is -2.03. The van der Waals surface area contributed by atoms with E-state index in [4.69, 9.17) is 20.3 Å². The van der Waals surface area contributed by atoms with Gasteiger partial charge in [-0.3, -0.25) is 0 Å². The first-order valence-electron chi connectivity index (χ1n) is 11.2. The number of rotatable bonds is 5. The van der Waals surface area contributed by atoms with Gasteiger partial charge in [-0.2, -0.15) is 4.99 Å². The molecule has 6 N–H and O–H groups in total. The van der Waals surface area contributed by atoms with Gasteiger partial charge in [0, 0.05) is 57.8 Å². The Morgan fingerprint density at radius 3 is 2.19 bits per heavy atom. The third-order valence-electron chi connectivity index (χ3n) is 5.61. The highest BCUT2D eigenvalue weighted by Gasteiger charge is 2.10. The summed E-state index contributed by atoms with van der Waals surface area (Å²) in [7, 11) is 0. The first kappa shape index (κ1) is 21.2. The van der Waals surface area contributed by atoms with Crippen molar-refractivity contribution < 1.29 is 8.83 Å². The highest BCUT2D eigenvalue weighted by atomic mass is 16.4. The highest BCUT2D eigenvalue weighted by molar-refractivity contribution is 5.91. The number of nitrogen functional groups attached to an aromatic ring is 2. The number of nitrogens with two attached hydrogens (primary N) is 2. The van der Waals surface area contributed by atoms with E-state index in [1.165, 1.54) is 6.33 Å². The Morgan fingerprint density at radius 2 is 1.44 bits per heavy atom. The van der Waals surface area contributed by atoms with E-state index in [0.717, 1.165) is 21.9 Å². The Morgan fingerprint density at radius 1 is 0.750 bits per heavy atom. The molecule has 4 aromatic heterocycles. The molecular formula is C27H21N7O2. The van der Waals surface area contributed by atoms with Crippen molar-refractivity contribution >= 4 is 39.7 Å². The predicted molar refractivity (Wildman–Crippen MR) is 140 cm³/mol. The van der Waals surface area contributed by atoms with Gasteiger partial charge < -0.3 is 30.6 Å². The summed E-state index contributed by atoms with van der Waals surface area (Å²) in [6.45, 7) is 0. The van der Waals surface area contributed by atoms with Crippen molar-refractivity contribution in [3.8, 4) is 22.6 Å². The molecule has 0 saturated carbocycles. The van der Waals surface area contributed by atoms with Crippen molar-refractivity contribution in [2.75, 3.05) is 16.8 Å². The number of aromatic nitrogens is 3. The second-order valence-corrected chi connectivity index (χ2v) is 8.12. The zero-order chi connectivity index (χ0) is 24.5. The second kappa shape index (κ2) is 8.80. The molecule has 176 valence electrons. The van der Waals surface area contributed by atoms with Crippen LogP contribution in [0.25, 0.3) is 33.4 Å². The molecule has 0 unspecified atom stereocenters. The standard InChI is InChI=1S/C27H21N7O2/c28-18-5-1-3-16(11-18)22-7-9-24(35-22)33-26-20-13-30-14-21(20)27(32-15-31-26)34-25-10-8-23(36-25)17-4-2-6-19(29)12-17/h1-15,30H,28-29H2,(H,31,32,33,34). The number of aromatic amines is 1. The quantitative estimate of drug-likeness (QED) is 0.237. The van der Waals surface area contributed by atoms with Crippen LogP contribution in [-0.2, 0) is 0 Å². The molecule has 0 fully saturated rings. The zero-order valence-corrected chi connectivity index (χ0v) is 19.0. The van der Waals surface area contributed by atoms with Crippen LogP contribution in [0.2, 0.25) is 0 Å². The normalized spacial score (nSPS) is 11.7. The van der Waals surface area contributed by atoms with Crippen LogP contribution in [0.15, 0.2) is 105 Å². The molecule has 2 aromatic carbocycles. The number of benzene rings is 2. The van der Waals surface area contributed by atoms with E-state index in [9.17, 15) is 0 Å². The van der Waals surface area contributed by atoms with E-state index in [1.54, 1.807) is 6.07 Å². The van der Waals surface area contributed by atoms with E-state index >= 15 is 0 Å². The van der Waals surface area contributed by atoms with Gasteiger partial charge in [-0.05, 0) is 36.4 Å². The largest absolute Gasteiger partial charge is 0.440 e. The monoisotopic (exact) mass is 475 g/mol. The molecule has 0 bridgehead atoms. The van der Waals surface area contributed by atoms with Crippen LogP contribution < -0.4 is 22.3 Å². The molecule has 6 rings (SSSR count). The van der Waals surface area contributed by atoms with Crippen molar-refractivity contribution in [2.24, 2.45) is 4.99 Å². The number of nitrogens with one attached hydrogen (secondary N) is 2. The fourth-order valence-electron chi connectivity index (χ4n) is 3.92. The number of furan rings is 2. The summed E-state index contributed by atoms with van der Waals surface area (Å²) in [6.07, 6.45) is 5.09. The average Bonchev–Trinajstić information content (AvgIpc) is 3.62. The minimum atomic E-state index is 0.418. The lowest BCUT2D eigenvalue weighted by atomic mass is 10.1. The molecule has 0 aliphatic carbocycles. The van der Waals surface area contributed by atoms with Crippen LogP contribution in [-0.4, -0.2) is 15.0 Å². The van der Waals surface area contributed by atoms with Gasteiger partial charge in [0.2, 0.25) is 5.88 Å². The smallest absolute Gasteiger partial charge is 0.221 e. The molecule has 36 heavy (non-hydrogen) atoms. The van der Waals surface area contributed by atoms with E-state index in [0.29, 0.717) is 46.0 Å². The molecule has 9 nitrogen and oxygen atoms in total. The fourth-order valence-corrected chi connectivity index (χ4v) is 3.92. The maximum atomic E-state index is 5.98. The van der Waals surface area contributed by atoms with Gasteiger partial charge in [-0.15, -0.1) is 0 Å². The predicted octanol–water partition coefficient (Wildman–Crippen LogP) is 5.62. The molecule has 0 aliphatic rings. The van der Waals surface area contributed by atoms with Gasteiger partial charge in [0.1, 0.15) is 23.7 Å². The lowest BCUT2D eigenvalue weighted by molar-refractivity contribution is 0.589. The van der Waals surface area contributed by atoms with Crippen molar-refractivity contribution in [3.63, 3.8) is 0 Å². The number of fused-ring (bicyclic) bond motifs is 1. The van der Waals surface area contributed by atoms with E-state index in [1.807, 2.05) is 79.1 Å². The topological polar surface area (TPSA) is 144 Å². The van der Waals surface area contributed by atoms with Crippen LogP contribution in [0.3, 0.4) is 0 Å². The number of hydrogen-bond acceptors (Lipinski definition) is 8. The molecule has 0 atom stereocenters. The molecule has 0 radical (unpaired) electrons. The maximum absolute atomic E-state index is 5.98. The molecule has 0 amide bonds. The van der Waals surface area contributed by atoms with Crippen LogP contribution in [0.1, 0.15) is 0 Å². The van der Waals surface area contributed by atoms with Gasteiger partial charge >= 0.3 is 0 Å². The summed E-state index contributed by atoms with van der Waals surface area (Å²) in [6, 6.07) is 22.4. The molecule has 0 saturated heterocycles. The molecular weight excluding hydrogens is 454 g/mol. The summed E-state index contributed by atoms with van der Waals surface area (Å²) in [4.78, 5) is 16.6. The Hall–Kier alpha value is -5.31. The first-order valence-corrected chi connectivity index (χ1v) is 11.2. The summed E-state index contributed by atoms with van der Waals surface area (Å²) in [5, 5.41) is 4.78. The Balaban J connectivity index is 1.34. The Kier molecular flexibility index (Phi) is 5.19. The minimum Gasteiger partial charge on any atom is -0.440 e. The first-order chi connectivity index (χ1) is 17.6. The fraction of sp³-hybridized carbons (Fsp3) is 0. The molecule has 0 aliphatic heterocycles. The molecule has 6 aromatic rings. The van der Waals surface area contributed by atoms with Gasteiger partial charge in [0.15, 0.2) is 11.4 Å². The summed E-state index contributed by atoms with van der Waals surface area (Å²) in [5.74, 6) is 2.87. The molecule has 0 spiro atoms.